The predicted octanol–water partition coefficient (Wildman–Crippen LogP) is 0.277. The minimum atomic E-state index is -1.83. The number of hydrogen-bond donors (Lipinski definition) is 4. The maximum absolute atomic E-state index is 10.0. The van der Waals surface area contributed by atoms with E-state index in [4.69, 9.17) is 25.8 Å². The molecule has 0 bridgehead atoms. The molecule has 5 N–H and O–H groups in total. The van der Waals surface area contributed by atoms with Crippen molar-refractivity contribution in [2.24, 2.45) is 11.7 Å². The van der Waals surface area contributed by atoms with Crippen molar-refractivity contribution in [3.63, 3.8) is 0 Å². The highest BCUT2D eigenvalue weighted by Gasteiger charge is 2.14. The highest BCUT2D eigenvalue weighted by molar-refractivity contribution is 5.73. The molecule has 0 aromatic carbocycles. The lowest BCUT2D eigenvalue weighted by Gasteiger charge is -2.07. The molecule has 6 heteroatoms. The van der Waals surface area contributed by atoms with Gasteiger partial charge in [-0.15, -0.1) is 0 Å². The fraction of sp³-hybridized carbons (Fsp3) is 0.667. The van der Waals surface area contributed by atoms with Gasteiger partial charge in [0.2, 0.25) is 0 Å². The lowest BCUT2D eigenvalue weighted by molar-refractivity contribution is -0.139. The van der Waals surface area contributed by atoms with Crippen molar-refractivity contribution in [1.29, 1.82) is 0 Å². The van der Waals surface area contributed by atoms with Crippen molar-refractivity contribution in [3.8, 4) is 0 Å². The van der Waals surface area contributed by atoms with Gasteiger partial charge in [0.1, 0.15) is 6.04 Å². The fourth-order valence-corrected chi connectivity index (χ4v) is 0.285. The molecule has 1 atom stereocenters. The Morgan fingerprint density at radius 1 is 1.17 bits per heavy atom. The van der Waals surface area contributed by atoms with Crippen molar-refractivity contribution in [3.05, 3.63) is 0 Å². The quantitative estimate of drug-likeness (QED) is 0.483. The second-order valence-electron chi connectivity index (χ2n) is 2.39. The van der Waals surface area contributed by atoms with Gasteiger partial charge in [0.15, 0.2) is 0 Å². The van der Waals surface area contributed by atoms with Gasteiger partial charge >= 0.3 is 12.1 Å². The van der Waals surface area contributed by atoms with Crippen LogP contribution in [0.3, 0.4) is 0 Å². The Morgan fingerprint density at radius 3 is 1.42 bits per heavy atom. The van der Waals surface area contributed by atoms with E-state index >= 15 is 0 Å². The number of carboxylic acid groups (broad SMARTS) is 3. The molecule has 0 heterocycles. The SMILES string of the molecule is CC(C)[C@H](N)C(=O)O.O=C(O)O. The Kier molecular flexibility index (Phi) is 7.11. The van der Waals surface area contributed by atoms with Gasteiger partial charge in [-0.1, -0.05) is 13.8 Å². The fourth-order valence-electron chi connectivity index (χ4n) is 0.285. The van der Waals surface area contributed by atoms with Crippen LogP contribution in [-0.2, 0) is 4.79 Å². The second kappa shape index (κ2) is 6.41. The highest BCUT2D eigenvalue weighted by Crippen LogP contribution is 1.96. The summed E-state index contributed by atoms with van der Waals surface area (Å²) in [5, 5.41) is 22.2. The molecule has 0 fully saturated rings. The van der Waals surface area contributed by atoms with E-state index in [0.717, 1.165) is 0 Å². The molecular formula is C6H13NO5. The lowest BCUT2D eigenvalue weighted by Crippen LogP contribution is -2.34. The zero-order valence-corrected chi connectivity index (χ0v) is 6.89. The summed E-state index contributed by atoms with van der Waals surface area (Å²) in [4.78, 5) is 18.6. The monoisotopic (exact) mass is 179 g/mol. The Hall–Kier alpha value is -1.30. The maximum atomic E-state index is 10.0. The molecule has 0 aromatic rings. The first-order chi connectivity index (χ1) is 5.29. The van der Waals surface area contributed by atoms with Crippen LogP contribution in [0.25, 0.3) is 0 Å². The van der Waals surface area contributed by atoms with E-state index < -0.39 is 18.2 Å². The van der Waals surface area contributed by atoms with E-state index in [2.05, 4.69) is 0 Å². The Balaban J connectivity index is 0. The third-order valence-electron chi connectivity index (χ3n) is 1.00. The Labute approximate surface area is 69.6 Å². The standard InChI is InChI=1S/C5H11NO2.CH2O3/c1-3(2)4(6)5(7)8;2-1(3)4/h3-4H,6H2,1-2H3,(H,7,8);(H2,2,3,4)/t4-;/m0./s1. The Bertz CT molecular complexity index is 152. The number of aliphatic carboxylic acids is 1. The molecule has 72 valence electrons. The smallest absolute Gasteiger partial charge is 0.480 e. The van der Waals surface area contributed by atoms with Gasteiger partial charge in [-0.25, -0.2) is 4.79 Å². The molecule has 12 heavy (non-hydrogen) atoms. The van der Waals surface area contributed by atoms with E-state index in [1.165, 1.54) is 0 Å². The average molecular weight is 179 g/mol. The van der Waals surface area contributed by atoms with E-state index in [1.54, 1.807) is 13.8 Å². The van der Waals surface area contributed by atoms with Crippen molar-refractivity contribution in [1.82, 2.24) is 0 Å². The normalized spacial score (nSPS) is 11.3. The molecule has 0 radical (unpaired) electrons. The molecule has 0 aliphatic carbocycles. The van der Waals surface area contributed by atoms with Crippen LogP contribution in [0.5, 0.6) is 0 Å². The largest absolute Gasteiger partial charge is 0.503 e. The summed E-state index contributed by atoms with van der Waals surface area (Å²) in [5.74, 6) is -0.910. The van der Waals surface area contributed by atoms with Crippen molar-refractivity contribution < 1.29 is 24.9 Å². The van der Waals surface area contributed by atoms with Crippen molar-refractivity contribution >= 4 is 12.1 Å². The number of nitrogens with two attached hydrogens (primary N) is 1. The maximum Gasteiger partial charge on any atom is 0.503 e. The summed E-state index contributed by atoms with van der Waals surface area (Å²) in [5.41, 5.74) is 5.16. The van der Waals surface area contributed by atoms with Crippen molar-refractivity contribution in [2.45, 2.75) is 19.9 Å². The van der Waals surface area contributed by atoms with Crippen LogP contribution in [0.2, 0.25) is 0 Å². The number of carbonyl (C=O) groups is 2. The first kappa shape index (κ1) is 13.3. The van der Waals surface area contributed by atoms with Gasteiger partial charge < -0.3 is 21.1 Å². The van der Waals surface area contributed by atoms with Gasteiger partial charge in [-0.05, 0) is 5.92 Å². The molecular weight excluding hydrogens is 166 g/mol. The molecule has 0 aliphatic rings. The topological polar surface area (TPSA) is 121 Å². The zero-order chi connectivity index (χ0) is 10.3. The van der Waals surface area contributed by atoms with Gasteiger partial charge in [-0.3, -0.25) is 4.79 Å². The lowest BCUT2D eigenvalue weighted by atomic mass is 10.1. The predicted molar refractivity (Wildman–Crippen MR) is 41.1 cm³/mol. The molecule has 0 aliphatic heterocycles. The number of carboxylic acids is 1. The van der Waals surface area contributed by atoms with Crippen LogP contribution in [-0.4, -0.2) is 33.5 Å². The summed E-state index contributed by atoms with van der Waals surface area (Å²) in [6.07, 6.45) is -1.83. The highest BCUT2D eigenvalue weighted by atomic mass is 16.6. The summed E-state index contributed by atoms with van der Waals surface area (Å²) >= 11 is 0. The van der Waals surface area contributed by atoms with Gasteiger partial charge in [0.05, 0.1) is 0 Å². The molecule has 0 unspecified atom stereocenters. The van der Waals surface area contributed by atoms with Gasteiger partial charge in [0.25, 0.3) is 0 Å². The number of rotatable bonds is 2. The first-order valence-corrected chi connectivity index (χ1v) is 3.19. The third-order valence-corrected chi connectivity index (χ3v) is 1.00. The van der Waals surface area contributed by atoms with E-state index in [-0.39, 0.29) is 5.92 Å². The van der Waals surface area contributed by atoms with Crippen LogP contribution < -0.4 is 5.73 Å². The molecule has 0 rings (SSSR count). The summed E-state index contributed by atoms with van der Waals surface area (Å²) < 4.78 is 0. The minimum absolute atomic E-state index is 0.0208. The average Bonchev–Trinajstić information content (AvgIpc) is 1.84. The van der Waals surface area contributed by atoms with Crippen LogP contribution in [0.4, 0.5) is 4.79 Å². The third kappa shape index (κ3) is 11.5. The zero-order valence-electron chi connectivity index (χ0n) is 6.89. The van der Waals surface area contributed by atoms with Crippen LogP contribution in [0, 0.1) is 5.92 Å². The molecule has 0 aromatic heterocycles. The molecule has 0 saturated carbocycles. The van der Waals surface area contributed by atoms with Crippen LogP contribution in [0.15, 0.2) is 0 Å². The van der Waals surface area contributed by atoms with E-state index in [0.29, 0.717) is 0 Å². The number of hydrogen-bond acceptors (Lipinski definition) is 3. The first-order valence-electron chi connectivity index (χ1n) is 3.19. The molecule has 0 spiro atoms. The van der Waals surface area contributed by atoms with E-state index in [1.807, 2.05) is 0 Å². The molecule has 6 nitrogen and oxygen atoms in total. The summed E-state index contributed by atoms with van der Waals surface area (Å²) in [7, 11) is 0. The van der Waals surface area contributed by atoms with Gasteiger partial charge in [-0.2, -0.15) is 0 Å². The molecule has 0 saturated heterocycles. The minimum Gasteiger partial charge on any atom is -0.480 e. The second-order valence-corrected chi connectivity index (χ2v) is 2.39. The molecule has 0 amide bonds. The Morgan fingerprint density at radius 2 is 1.42 bits per heavy atom. The van der Waals surface area contributed by atoms with Crippen molar-refractivity contribution in [2.75, 3.05) is 0 Å². The summed E-state index contributed by atoms with van der Waals surface area (Å²) in [6, 6.07) is -0.713. The van der Waals surface area contributed by atoms with E-state index in [9.17, 15) is 4.79 Å². The summed E-state index contributed by atoms with van der Waals surface area (Å²) in [6.45, 7) is 3.55. The van der Waals surface area contributed by atoms with Crippen LogP contribution >= 0.6 is 0 Å². The van der Waals surface area contributed by atoms with Crippen LogP contribution in [0.1, 0.15) is 13.8 Å². The van der Waals surface area contributed by atoms with Gasteiger partial charge in [0, 0.05) is 0 Å².